The first-order valence-electron chi connectivity index (χ1n) is 5.41. The van der Waals surface area contributed by atoms with Crippen LogP contribution in [0.2, 0.25) is 0 Å². The van der Waals surface area contributed by atoms with Gasteiger partial charge in [-0.05, 0) is 13.3 Å². The summed E-state index contributed by atoms with van der Waals surface area (Å²) in [6, 6.07) is 1.82. The number of aliphatic carboxylic acids is 1. The SMILES string of the molecule is COCc1nc(C)cc(NCCCC(=O)O)n1. The van der Waals surface area contributed by atoms with Crippen LogP contribution in [0.1, 0.15) is 24.4 Å². The molecule has 0 bridgehead atoms. The van der Waals surface area contributed by atoms with E-state index in [9.17, 15) is 4.79 Å². The summed E-state index contributed by atoms with van der Waals surface area (Å²) >= 11 is 0. The highest BCUT2D eigenvalue weighted by Gasteiger charge is 2.02. The van der Waals surface area contributed by atoms with Gasteiger partial charge in [0.25, 0.3) is 0 Å². The second-order valence-corrected chi connectivity index (χ2v) is 3.67. The fraction of sp³-hybridized carbons (Fsp3) is 0.545. The zero-order valence-corrected chi connectivity index (χ0v) is 10.1. The number of aromatic nitrogens is 2. The number of carboxylic acids is 1. The van der Waals surface area contributed by atoms with Gasteiger partial charge in [-0.15, -0.1) is 0 Å². The lowest BCUT2D eigenvalue weighted by atomic mass is 10.3. The Labute approximate surface area is 100 Å². The summed E-state index contributed by atoms with van der Waals surface area (Å²) in [5.41, 5.74) is 0.854. The molecule has 0 aromatic carbocycles. The summed E-state index contributed by atoms with van der Waals surface area (Å²) < 4.78 is 4.96. The van der Waals surface area contributed by atoms with E-state index in [1.807, 2.05) is 13.0 Å². The molecule has 0 radical (unpaired) electrons. The van der Waals surface area contributed by atoms with Crippen molar-refractivity contribution in [2.75, 3.05) is 19.0 Å². The number of carbonyl (C=O) groups is 1. The summed E-state index contributed by atoms with van der Waals surface area (Å²) in [7, 11) is 1.59. The van der Waals surface area contributed by atoms with Gasteiger partial charge in [0.05, 0.1) is 0 Å². The lowest BCUT2D eigenvalue weighted by Crippen LogP contribution is -2.08. The van der Waals surface area contributed by atoms with E-state index in [1.165, 1.54) is 0 Å². The highest BCUT2D eigenvalue weighted by Crippen LogP contribution is 2.07. The second-order valence-electron chi connectivity index (χ2n) is 3.67. The molecule has 0 saturated heterocycles. The van der Waals surface area contributed by atoms with E-state index in [2.05, 4.69) is 15.3 Å². The van der Waals surface area contributed by atoms with Crippen LogP contribution in [0.5, 0.6) is 0 Å². The molecule has 17 heavy (non-hydrogen) atoms. The maximum Gasteiger partial charge on any atom is 0.303 e. The largest absolute Gasteiger partial charge is 0.481 e. The molecule has 0 saturated carbocycles. The summed E-state index contributed by atoms with van der Waals surface area (Å²) in [6.07, 6.45) is 0.722. The standard InChI is InChI=1S/C11H17N3O3/c1-8-6-9(12-5-3-4-11(15)16)14-10(13-8)7-17-2/h6H,3-5,7H2,1-2H3,(H,15,16)(H,12,13,14). The first-order valence-corrected chi connectivity index (χ1v) is 5.41. The van der Waals surface area contributed by atoms with Crippen molar-refractivity contribution in [2.45, 2.75) is 26.4 Å². The predicted octanol–water partition coefficient (Wildman–Crippen LogP) is 1.21. The molecule has 0 aliphatic heterocycles. The molecule has 94 valence electrons. The highest BCUT2D eigenvalue weighted by atomic mass is 16.5. The van der Waals surface area contributed by atoms with Crippen molar-refractivity contribution in [2.24, 2.45) is 0 Å². The fourth-order valence-corrected chi connectivity index (χ4v) is 1.37. The minimum absolute atomic E-state index is 0.155. The number of carboxylic acid groups (broad SMARTS) is 1. The van der Waals surface area contributed by atoms with E-state index in [4.69, 9.17) is 9.84 Å². The lowest BCUT2D eigenvalue weighted by Gasteiger charge is -2.07. The molecule has 6 heteroatoms. The minimum Gasteiger partial charge on any atom is -0.481 e. The number of nitrogens with zero attached hydrogens (tertiary/aromatic N) is 2. The van der Waals surface area contributed by atoms with Gasteiger partial charge in [0.1, 0.15) is 12.4 Å². The molecule has 0 atom stereocenters. The number of hydrogen-bond donors (Lipinski definition) is 2. The Hall–Kier alpha value is -1.69. The Balaban J connectivity index is 2.49. The van der Waals surface area contributed by atoms with Crippen LogP contribution < -0.4 is 5.32 Å². The molecular weight excluding hydrogens is 222 g/mol. The number of hydrogen-bond acceptors (Lipinski definition) is 5. The molecule has 1 aromatic rings. The van der Waals surface area contributed by atoms with Crippen molar-refractivity contribution in [1.82, 2.24) is 9.97 Å². The molecule has 6 nitrogen and oxygen atoms in total. The van der Waals surface area contributed by atoms with Crippen molar-refractivity contribution in [1.29, 1.82) is 0 Å². The molecule has 1 aromatic heterocycles. The first kappa shape index (κ1) is 13.4. The number of methoxy groups -OCH3 is 1. The summed E-state index contributed by atoms with van der Waals surface area (Å²) in [6.45, 7) is 2.82. The van der Waals surface area contributed by atoms with Gasteiger partial charge >= 0.3 is 5.97 Å². The van der Waals surface area contributed by atoms with E-state index in [0.717, 1.165) is 5.69 Å². The third-order valence-electron chi connectivity index (χ3n) is 2.05. The van der Waals surface area contributed by atoms with E-state index in [-0.39, 0.29) is 6.42 Å². The number of anilines is 1. The molecule has 0 fully saturated rings. The number of nitrogens with one attached hydrogen (secondary N) is 1. The number of rotatable bonds is 7. The molecule has 0 unspecified atom stereocenters. The lowest BCUT2D eigenvalue weighted by molar-refractivity contribution is -0.137. The zero-order valence-electron chi connectivity index (χ0n) is 10.1. The van der Waals surface area contributed by atoms with Crippen molar-refractivity contribution < 1.29 is 14.6 Å². The maximum absolute atomic E-state index is 10.3. The van der Waals surface area contributed by atoms with Gasteiger partial charge in [-0.1, -0.05) is 0 Å². The van der Waals surface area contributed by atoms with Gasteiger partial charge in [-0.25, -0.2) is 9.97 Å². The van der Waals surface area contributed by atoms with Gasteiger partial charge in [0.2, 0.25) is 0 Å². The monoisotopic (exact) mass is 239 g/mol. The molecule has 0 aliphatic rings. The zero-order chi connectivity index (χ0) is 12.7. The Morgan fingerprint density at radius 2 is 2.29 bits per heavy atom. The molecule has 1 heterocycles. The van der Waals surface area contributed by atoms with Crippen LogP contribution in [0.4, 0.5) is 5.82 Å². The van der Waals surface area contributed by atoms with Gasteiger partial charge < -0.3 is 15.2 Å². The quantitative estimate of drug-likeness (QED) is 0.696. The first-order chi connectivity index (χ1) is 8.11. The van der Waals surface area contributed by atoms with E-state index in [1.54, 1.807) is 7.11 Å². The average Bonchev–Trinajstić information content (AvgIpc) is 2.24. The van der Waals surface area contributed by atoms with Gasteiger partial charge in [0.15, 0.2) is 5.82 Å². The Bertz CT molecular complexity index is 382. The van der Waals surface area contributed by atoms with Crippen molar-refractivity contribution in [3.8, 4) is 0 Å². The fourth-order valence-electron chi connectivity index (χ4n) is 1.37. The van der Waals surface area contributed by atoms with Gasteiger partial charge in [-0.3, -0.25) is 4.79 Å². The molecule has 2 N–H and O–H groups in total. The normalized spacial score (nSPS) is 10.2. The van der Waals surface area contributed by atoms with Crippen LogP contribution in [0.3, 0.4) is 0 Å². The van der Waals surface area contributed by atoms with Crippen LogP contribution in [0, 0.1) is 6.92 Å². The smallest absolute Gasteiger partial charge is 0.303 e. The minimum atomic E-state index is -0.786. The highest BCUT2D eigenvalue weighted by molar-refractivity contribution is 5.66. The molecule has 0 amide bonds. The Kier molecular flexibility index (Phi) is 5.35. The molecule has 1 rings (SSSR count). The molecule has 0 spiro atoms. The average molecular weight is 239 g/mol. The van der Waals surface area contributed by atoms with Gasteiger partial charge in [0, 0.05) is 31.8 Å². The van der Waals surface area contributed by atoms with Gasteiger partial charge in [-0.2, -0.15) is 0 Å². The summed E-state index contributed by atoms with van der Waals surface area (Å²) in [4.78, 5) is 18.8. The predicted molar refractivity (Wildman–Crippen MR) is 62.8 cm³/mol. The third kappa shape index (κ3) is 5.26. The summed E-state index contributed by atoms with van der Waals surface area (Å²) in [5, 5.41) is 11.6. The van der Waals surface area contributed by atoms with Crippen LogP contribution in [-0.4, -0.2) is 34.7 Å². The maximum atomic E-state index is 10.3. The van der Waals surface area contributed by atoms with Crippen molar-refractivity contribution >= 4 is 11.8 Å². The van der Waals surface area contributed by atoms with Crippen molar-refractivity contribution in [3.63, 3.8) is 0 Å². The second kappa shape index (κ2) is 6.80. The Morgan fingerprint density at radius 1 is 1.53 bits per heavy atom. The Morgan fingerprint density at radius 3 is 2.94 bits per heavy atom. The summed E-state index contributed by atoms with van der Waals surface area (Å²) in [5.74, 6) is 0.536. The van der Waals surface area contributed by atoms with Crippen molar-refractivity contribution in [3.05, 3.63) is 17.6 Å². The number of aryl methyl sites for hydroxylation is 1. The topological polar surface area (TPSA) is 84.3 Å². The molecule has 0 aliphatic carbocycles. The van der Waals surface area contributed by atoms with Crippen LogP contribution in [0.25, 0.3) is 0 Å². The molecular formula is C11H17N3O3. The van der Waals surface area contributed by atoms with Crippen LogP contribution in [-0.2, 0) is 16.1 Å². The van der Waals surface area contributed by atoms with E-state index < -0.39 is 5.97 Å². The van der Waals surface area contributed by atoms with Crippen LogP contribution >= 0.6 is 0 Å². The number of ether oxygens (including phenoxy) is 1. The third-order valence-corrected chi connectivity index (χ3v) is 2.05. The van der Waals surface area contributed by atoms with E-state index in [0.29, 0.717) is 31.2 Å². The van der Waals surface area contributed by atoms with Crippen LogP contribution in [0.15, 0.2) is 6.07 Å². The van der Waals surface area contributed by atoms with E-state index >= 15 is 0 Å².